The predicted octanol–water partition coefficient (Wildman–Crippen LogP) is 2.11. The van der Waals surface area contributed by atoms with E-state index in [0.717, 1.165) is 15.2 Å². The topological polar surface area (TPSA) is 70.0 Å². The first kappa shape index (κ1) is 17.9. The van der Waals surface area contributed by atoms with Crippen molar-refractivity contribution < 1.29 is 24.0 Å². The number of ether oxygens (including phenoxy) is 2. The summed E-state index contributed by atoms with van der Waals surface area (Å²) in [6.07, 6.45) is 3.54. The van der Waals surface area contributed by atoms with E-state index in [9.17, 15) is 9.59 Å². The Morgan fingerprint density at radius 3 is 2.33 bits per heavy atom. The summed E-state index contributed by atoms with van der Waals surface area (Å²) in [5, 5.41) is 0.925. The lowest BCUT2D eigenvalue weighted by atomic mass is 10.3. The molecule has 0 aliphatic rings. The molecule has 24 heavy (non-hydrogen) atoms. The van der Waals surface area contributed by atoms with Gasteiger partial charge in [-0.15, -0.1) is 0 Å². The number of aromatic amines is 1. The van der Waals surface area contributed by atoms with E-state index >= 15 is 0 Å². The molecule has 0 aliphatic carbocycles. The van der Waals surface area contributed by atoms with Gasteiger partial charge in [-0.3, -0.25) is 9.59 Å². The Balaban J connectivity index is 2.09. The van der Waals surface area contributed by atoms with Crippen molar-refractivity contribution in [1.29, 1.82) is 0 Å². The Bertz CT molecular complexity index is 673. The Kier molecular flexibility index (Phi) is 6.74. The van der Waals surface area contributed by atoms with E-state index < -0.39 is 0 Å². The van der Waals surface area contributed by atoms with Gasteiger partial charge in [-0.05, 0) is 19.9 Å². The fraction of sp³-hybridized carbons (Fsp3) is 0.353. The van der Waals surface area contributed by atoms with Crippen molar-refractivity contribution in [3.8, 4) is 0 Å². The fourth-order valence-corrected chi connectivity index (χ4v) is 2.99. The van der Waals surface area contributed by atoms with Crippen molar-refractivity contribution in [2.24, 2.45) is 0 Å². The number of nitrogens with one attached hydrogen (secondary N) is 1. The summed E-state index contributed by atoms with van der Waals surface area (Å²) in [7, 11) is 0. The van der Waals surface area contributed by atoms with Crippen LogP contribution >= 0.6 is 11.3 Å². The molecule has 1 aromatic carbocycles. The third-order valence-corrected chi connectivity index (χ3v) is 4.11. The zero-order valence-corrected chi connectivity index (χ0v) is 14.6. The minimum atomic E-state index is -0.383. The maximum absolute atomic E-state index is 11.7. The SMILES string of the molecule is CCOC(=O)CN(C=Cc1[nH+]c2ccccc2s1)CC(=O)OCC. The second-order valence-corrected chi connectivity index (χ2v) is 6.00. The van der Waals surface area contributed by atoms with Gasteiger partial charge in [0.15, 0.2) is 0 Å². The van der Waals surface area contributed by atoms with Crippen molar-refractivity contribution in [2.75, 3.05) is 26.3 Å². The van der Waals surface area contributed by atoms with Crippen molar-refractivity contribution in [2.45, 2.75) is 13.8 Å². The Hall–Kier alpha value is -2.41. The highest BCUT2D eigenvalue weighted by Crippen LogP contribution is 2.18. The number of carbonyl (C=O) groups is 2. The molecule has 0 fully saturated rings. The lowest BCUT2D eigenvalue weighted by molar-refractivity contribution is -0.341. The quantitative estimate of drug-likeness (QED) is 0.683. The summed E-state index contributed by atoms with van der Waals surface area (Å²) in [5.41, 5.74) is 1.05. The van der Waals surface area contributed by atoms with E-state index in [0.29, 0.717) is 13.2 Å². The number of fused-ring (bicyclic) bond motifs is 1. The van der Waals surface area contributed by atoms with Crippen LogP contribution in [0.4, 0.5) is 0 Å². The maximum Gasteiger partial charge on any atom is 0.325 e. The number of H-pyrrole nitrogens is 1. The summed E-state index contributed by atoms with van der Waals surface area (Å²) in [6, 6.07) is 7.97. The molecule has 0 unspecified atom stereocenters. The van der Waals surface area contributed by atoms with Crippen LogP contribution in [0, 0.1) is 0 Å². The Labute approximate surface area is 144 Å². The number of rotatable bonds is 8. The standard InChI is InChI=1S/C17H20N2O4S/c1-3-22-16(20)11-19(12-17(21)23-4-2)10-9-15-18-13-7-5-6-8-14(13)24-15/h5-10H,3-4,11-12H2,1-2H3/p+1. The van der Waals surface area contributed by atoms with E-state index in [1.165, 1.54) is 0 Å². The molecular formula is C17H21N2O4S+. The van der Waals surface area contributed by atoms with Gasteiger partial charge < -0.3 is 14.4 Å². The summed E-state index contributed by atoms with van der Waals surface area (Å²) in [4.78, 5) is 28.2. The van der Waals surface area contributed by atoms with Crippen molar-refractivity contribution >= 4 is 39.6 Å². The number of nitrogens with zero attached hydrogens (tertiary/aromatic N) is 1. The van der Waals surface area contributed by atoms with Gasteiger partial charge in [0.1, 0.15) is 17.8 Å². The van der Waals surface area contributed by atoms with Crippen LogP contribution in [-0.4, -0.2) is 43.1 Å². The third kappa shape index (κ3) is 5.34. The summed E-state index contributed by atoms with van der Waals surface area (Å²) in [6.45, 7) is 4.09. The molecule has 128 valence electrons. The average Bonchev–Trinajstić information content (AvgIpc) is 2.96. The third-order valence-electron chi connectivity index (χ3n) is 3.08. The lowest BCUT2D eigenvalue weighted by Gasteiger charge is -2.17. The molecule has 6 nitrogen and oxygen atoms in total. The van der Waals surface area contributed by atoms with Gasteiger partial charge in [0.2, 0.25) is 5.52 Å². The smallest absolute Gasteiger partial charge is 0.325 e. The van der Waals surface area contributed by atoms with Crippen molar-refractivity contribution in [3.05, 3.63) is 35.5 Å². The number of aromatic nitrogens is 1. The van der Waals surface area contributed by atoms with E-state index in [-0.39, 0.29) is 25.0 Å². The number of para-hydroxylation sites is 1. The molecule has 0 spiro atoms. The molecule has 1 N–H and O–H groups in total. The van der Waals surface area contributed by atoms with Gasteiger partial charge in [-0.2, -0.15) is 4.98 Å². The number of carbonyl (C=O) groups excluding carboxylic acids is 2. The van der Waals surface area contributed by atoms with E-state index in [4.69, 9.17) is 9.47 Å². The van der Waals surface area contributed by atoms with Gasteiger partial charge in [0, 0.05) is 18.3 Å². The zero-order chi connectivity index (χ0) is 17.4. The van der Waals surface area contributed by atoms with Crippen LogP contribution < -0.4 is 4.98 Å². The molecule has 0 bridgehead atoms. The molecule has 0 aliphatic heterocycles. The highest BCUT2D eigenvalue weighted by atomic mass is 32.1. The van der Waals surface area contributed by atoms with Crippen molar-refractivity contribution in [3.63, 3.8) is 0 Å². The summed E-state index contributed by atoms with van der Waals surface area (Å²) in [5.74, 6) is -0.765. The maximum atomic E-state index is 11.7. The molecule has 0 radical (unpaired) electrons. The van der Waals surface area contributed by atoms with E-state index in [1.807, 2.05) is 30.3 Å². The molecule has 1 heterocycles. The van der Waals surface area contributed by atoms with Gasteiger partial charge in [0.25, 0.3) is 5.01 Å². The van der Waals surface area contributed by atoms with Crippen LogP contribution in [0.3, 0.4) is 0 Å². The summed E-state index contributed by atoms with van der Waals surface area (Å²) >= 11 is 1.60. The van der Waals surface area contributed by atoms with Gasteiger partial charge in [-0.25, -0.2) is 0 Å². The molecular weight excluding hydrogens is 328 g/mol. The van der Waals surface area contributed by atoms with Crippen LogP contribution in [0.2, 0.25) is 0 Å². The first-order chi connectivity index (χ1) is 11.6. The van der Waals surface area contributed by atoms with Crippen LogP contribution in [-0.2, 0) is 19.1 Å². The molecule has 2 aromatic rings. The normalized spacial score (nSPS) is 10.9. The monoisotopic (exact) mass is 349 g/mol. The molecule has 2 rings (SSSR count). The first-order valence-corrected chi connectivity index (χ1v) is 8.58. The highest BCUT2D eigenvalue weighted by molar-refractivity contribution is 7.18. The number of hydrogen-bond acceptors (Lipinski definition) is 6. The average molecular weight is 349 g/mol. The Morgan fingerprint density at radius 2 is 1.75 bits per heavy atom. The van der Waals surface area contributed by atoms with Crippen LogP contribution in [0.1, 0.15) is 18.9 Å². The lowest BCUT2D eigenvalue weighted by Crippen LogP contribution is -2.32. The van der Waals surface area contributed by atoms with Gasteiger partial charge in [-0.1, -0.05) is 23.5 Å². The fourth-order valence-electron chi connectivity index (χ4n) is 2.09. The minimum absolute atomic E-state index is 0.00590. The minimum Gasteiger partial charge on any atom is -0.465 e. The second-order valence-electron chi connectivity index (χ2n) is 4.92. The van der Waals surface area contributed by atoms with E-state index in [1.54, 1.807) is 36.3 Å². The molecule has 0 saturated carbocycles. The van der Waals surface area contributed by atoms with E-state index in [2.05, 4.69) is 4.98 Å². The molecule has 0 saturated heterocycles. The van der Waals surface area contributed by atoms with Gasteiger partial charge in [0.05, 0.1) is 13.2 Å². The molecule has 7 heteroatoms. The van der Waals surface area contributed by atoms with Crippen LogP contribution in [0.15, 0.2) is 30.5 Å². The number of benzene rings is 1. The first-order valence-electron chi connectivity index (χ1n) is 7.76. The number of thiazole rings is 1. The highest BCUT2D eigenvalue weighted by Gasteiger charge is 2.14. The number of esters is 2. The Morgan fingerprint density at radius 1 is 1.12 bits per heavy atom. The predicted molar refractivity (Wildman–Crippen MR) is 92.3 cm³/mol. The molecule has 0 amide bonds. The second kappa shape index (κ2) is 9.02. The summed E-state index contributed by atoms with van der Waals surface area (Å²) < 4.78 is 11.0. The molecule has 0 atom stereocenters. The largest absolute Gasteiger partial charge is 0.465 e. The van der Waals surface area contributed by atoms with Gasteiger partial charge >= 0.3 is 11.9 Å². The van der Waals surface area contributed by atoms with Crippen LogP contribution in [0.5, 0.6) is 0 Å². The van der Waals surface area contributed by atoms with Crippen molar-refractivity contribution in [1.82, 2.24) is 4.90 Å². The van der Waals surface area contributed by atoms with Crippen LogP contribution in [0.25, 0.3) is 16.3 Å². The zero-order valence-electron chi connectivity index (χ0n) is 13.8. The number of hydrogen-bond donors (Lipinski definition) is 0. The molecule has 1 aromatic heterocycles.